The topological polar surface area (TPSA) is 71.3 Å². The number of rotatable bonds is 3. The van der Waals surface area contributed by atoms with Crippen molar-refractivity contribution in [3.8, 4) is 0 Å². The van der Waals surface area contributed by atoms with Gasteiger partial charge >= 0.3 is 0 Å². The number of aliphatic imine (C=N–C) groups is 1. The van der Waals surface area contributed by atoms with Gasteiger partial charge in [0.25, 0.3) is 5.91 Å². The summed E-state index contributed by atoms with van der Waals surface area (Å²) in [6.45, 7) is 0.608. The molecule has 2 heterocycles. The Morgan fingerprint density at radius 2 is 2.00 bits per heavy atom. The van der Waals surface area contributed by atoms with E-state index in [-0.39, 0.29) is 11.9 Å². The van der Waals surface area contributed by atoms with Crippen LogP contribution in [-0.4, -0.2) is 26.7 Å². The smallest absolute Gasteiger partial charge is 0.251 e. The molecule has 1 saturated carbocycles. The number of carbonyl (C=O) groups excluding carboxylic acids is 1. The Morgan fingerprint density at radius 1 is 1.16 bits per heavy atom. The Labute approximate surface area is 190 Å². The summed E-state index contributed by atoms with van der Waals surface area (Å²) in [6, 6.07) is 11.8. The maximum atomic E-state index is 12.7. The van der Waals surface area contributed by atoms with Crippen molar-refractivity contribution in [1.82, 2.24) is 14.9 Å². The van der Waals surface area contributed by atoms with Crippen molar-refractivity contribution in [2.75, 3.05) is 5.32 Å². The maximum absolute atomic E-state index is 12.7. The molecular weight excluding hydrogens is 430 g/mol. The molecule has 8 heteroatoms. The van der Waals surface area contributed by atoms with Gasteiger partial charge in [0.15, 0.2) is 5.17 Å². The SMILES string of the molecule is Cn1c(NC2=NCc3ccc(Cl)cc3S2)nc2cc(C(=O)NC3CCCCC3)ccc21. The van der Waals surface area contributed by atoms with Crippen LogP contribution in [0.2, 0.25) is 5.02 Å². The average Bonchev–Trinajstić information content (AvgIpc) is 3.08. The molecular formula is C23H24ClN5OS. The van der Waals surface area contributed by atoms with Crippen molar-refractivity contribution >= 4 is 51.4 Å². The molecule has 1 aromatic heterocycles. The van der Waals surface area contributed by atoms with E-state index in [1.165, 1.54) is 24.8 Å². The minimum Gasteiger partial charge on any atom is -0.349 e. The Hall–Kier alpha value is -2.51. The largest absolute Gasteiger partial charge is 0.349 e. The third-order valence-corrected chi connectivity index (χ3v) is 7.19. The predicted molar refractivity (Wildman–Crippen MR) is 127 cm³/mol. The van der Waals surface area contributed by atoms with Gasteiger partial charge in [-0.15, -0.1) is 0 Å². The van der Waals surface area contributed by atoms with E-state index in [1.807, 2.05) is 48.0 Å². The molecule has 0 radical (unpaired) electrons. The summed E-state index contributed by atoms with van der Waals surface area (Å²) >= 11 is 7.69. The fraction of sp³-hybridized carbons (Fsp3) is 0.348. The Bertz CT molecular complexity index is 1180. The molecule has 1 amide bonds. The van der Waals surface area contributed by atoms with E-state index in [9.17, 15) is 4.79 Å². The second-order valence-corrected chi connectivity index (χ2v) is 9.57. The zero-order valence-corrected chi connectivity index (χ0v) is 18.9. The number of hydrogen-bond donors (Lipinski definition) is 2. The van der Waals surface area contributed by atoms with Crippen LogP contribution >= 0.6 is 23.4 Å². The normalized spacial score (nSPS) is 16.6. The zero-order chi connectivity index (χ0) is 21.4. The Kier molecular flexibility index (Phi) is 5.63. The minimum atomic E-state index is -0.0188. The first kappa shape index (κ1) is 20.4. The lowest BCUT2D eigenvalue weighted by Crippen LogP contribution is -2.36. The predicted octanol–water partition coefficient (Wildman–Crippen LogP) is 5.36. The van der Waals surface area contributed by atoms with Gasteiger partial charge in [-0.2, -0.15) is 0 Å². The number of aromatic nitrogens is 2. The highest BCUT2D eigenvalue weighted by atomic mass is 35.5. The number of carbonyl (C=O) groups is 1. The van der Waals surface area contributed by atoms with Gasteiger partial charge in [0, 0.05) is 28.6 Å². The van der Waals surface area contributed by atoms with E-state index in [1.54, 1.807) is 11.8 Å². The number of amidine groups is 1. The molecule has 0 spiro atoms. The first-order valence-electron chi connectivity index (χ1n) is 10.6. The molecule has 6 nitrogen and oxygen atoms in total. The number of nitrogens with zero attached hydrogens (tertiary/aromatic N) is 3. The number of amides is 1. The molecule has 160 valence electrons. The van der Waals surface area contributed by atoms with Gasteiger partial charge in [0.2, 0.25) is 5.95 Å². The van der Waals surface area contributed by atoms with Crippen LogP contribution in [0.4, 0.5) is 5.95 Å². The average molecular weight is 454 g/mol. The van der Waals surface area contributed by atoms with Crippen LogP contribution in [-0.2, 0) is 13.6 Å². The number of benzene rings is 2. The summed E-state index contributed by atoms with van der Waals surface area (Å²) in [5.74, 6) is 0.672. The number of nitrogens with one attached hydrogen (secondary N) is 2. The van der Waals surface area contributed by atoms with Gasteiger partial charge in [0.05, 0.1) is 17.6 Å². The summed E-state index contributed by atoms with van der Waals surface area (Å²) in [5.41, 5.74) is 3.56. The quantitative estimate of drug-likeness (QED) is 0.559. The van der Waals surface area contributed by atoms with E-state index in [4.69, 9.17) is 16.6 Å². The molecule has 1 fully saturated rings. The fourth-order valence-corrected chi connectivity index (χ4v) is 5.34. The highest BCUT2D eigenvalue weighted by molar-refractivity contribution is 8.14. The lowest BCUT2D eigenvalue weighted by atomic mass is 9.95. The molecule has 31 heavy (non-hydrogen) atoms. The zero-order valence-electron chi connectivity index (χ0n) is 17.3. The van der Waals surface area contributed by atoms with Crippen molar-refractivity contribution in [1.29, 1.82) is 0 Å². The minimum absolute atomic E-state index is 0.0188. The lowest BCUT2D eigenvalue weighted by Gasteiger charge is -2.22. The van der Waals surface area contributed by atoms with Gasteiger partial charge in [0.1, 0.15) is 0 Å². The van der Waals surface area contributed by atoms with Crippen LogP contribution in [0.3, 0.4) is 0 Å². The molecule has 1 aliphatic carbocycles. The van der Waals surface area contributed by atoms with E-state index in [2.05, 4.69) is 15.6 Å². The van der Waals surface area contributed by atoms with Crippen molar-refractivity contribution in [3.05, 3.63) is 52.5 Å². The molecule has 0 bridgehead atoms. The molecule has 1 aliphatic heterocycles. The molecule has 0 unspecified atom stereocenters. The van der Waals surface area contributed by atoms with Crippen molar-refractivity contribution in [3.63, 3.8) is 0 Å². The second-order valence-electron chi connectivity index (χ2n) is 8.11. The number of fused-ring (bicyclic) bond motifs is 2. The van der Waals surface area contributed by atoms with Crippen molar-refractivity contribution in [2.45, 2.75) is 49.6 Å². The number of thioether (sulfide) groups is 1. The highest BCUT2D eigenvalue weighted by Crippen LogP contribution is 2.32. The molecule has 2 N–H and O–H groups in total. The van der Waals surface area contributed by atoms with E-state index in [0.717, 1.165) is 33.9 Å². The second kappa shape index (κ2) is 8.55. The van der Waals surface area contributed by atoms with Gasteiger partial charge in [-0.3, -0.25) is 9.79 Å². The first-order chi connectivity index (χ1) is 15.1. The van der Waals surface area contributed by atoms with Crippen molar-refractivity contribution in [2.24, 2.45) is 12.0 Å². The molecule has 0 atom stereocenters. The van der Waals surface area contributed by atoms with Gasteiger partial charge < -0.3 is 15.2 Å². The van der Waals surface area contributed by atoms with E-state index >= 15 is 0 Å². The summed E-state index contributed by atoms with van der Waals surface area (Å²) in [4.78, 5) is 23.2. The lowest BCUT2D eigenvalue weighted by molar-refractivity contribution is 0.0928. The molecule has 0 saturated heterocycles. The van der Waals surface area contributed by atoms with Crippen LogP contribution in [0.1, 0.15) is 48.0 Å². The number of hydrogen-bond acceptors (Lipinski definition) is 5. The Balaban J connectivity index is 1.34. The number of aryl methyl sites for hydroxylation is 1. The number of halogens is 1. The van der Waals surface area contributed by atoms with E-state index in [0.29, 0.717) is 23.1 Å². The van der Waals surface area contributed by atoms with Crippen LogP contribution < -0.4 is 10.6 Å². The van der Waals surface area contributed by atoms with Crippen molar-refractivity contribution < 1.29 is 4.79 Å². The molecule has 3 aromatic rings. The van der Waals surface area contributed by atoms with Gasteiger partial charge in [-0.05, 0) is 48.7 Å². The van der Waals surface area contributed by atoms with Crippen LogP contribution in [0.5, 0.6) is 0 Å². The summed E-state index contributed by atoms with van der Waals surface area (Å²) in [6.07, 6.45) is 5.79. The molecule has 5 rings (SSSR count). The first-order valence-corrected chi connectivity index (χ1v) is 11.8. The van der Waals surface area contributed by atoms with Gasteiger partial charge in [-0.25, -0.2) is 4.98 Å². The van der Waals surface area contributed by atoms with Gasteiger partial charge in [-0.1, -0.05) is 48.7 Å². The third kappa shape index (κ3) is 4.29. The fourth-order valence-electron chi connectivity index (χ4n) is 4.18. The van der Waals surface area contributed by atoms with Crippen LogP contribution in [0.25, 0.3) is 11.0 Å². The molecule has 2 aliphatic rings. The monoisotopic (exact) mass is 453 g/mol. The van der Waals surface area contributed by atoms with Crippen LogP contribution in [0.15, 0.2) is 46.3 Å². The summed E-state index contributed by atoms with van der Waals surface area (Å²) in [5, 5.41) is 8.01. The number of imidazole rings is 1. The maximum Gasteiger partial charge on any atom is 0.251 e. The highest BCUT2D eigenvalue weighted by Gasteiger charge is 2.19. The van der Waals surface area contributed by atoms with Crippen LogP contribution in [0, 0.1) is 0 Å². The third-order valence-electron chi connectivity index (χ3n) is 5.93. The molecule has 2 aromatic carbocycles. The number of anilines is 1. The Morgan fingerprint density at radius 3 is 2.84 bits per heavy atom. The summed E-state index contributed by atoms with van der Waals surface area (Å²) < 4.78 is 1.98. The standard InChI is InChI=1S/C23H24ClN5OS/c1-29-19-10-8-14(21(30)26-17-5-3-2-4-6-17)11-18(19)27-22(29)28-23-25-13-15-7-9-16(24)12-20(15)31-23/h7-12,17H,2-6,13H2,1H3,(H,26,30)(H,25,27,28). The van der Waals surface area contributed by atoms with E-state index < -0.39 is 0 Å². The summed E-state index contributed by atoms with van der Waals surface area (Å²) in [7, 11) is 1.96.